The average molecular weight is 481 g/mol. The monoisotopic (exact) mass is 480 g/mol. The molecule has 32 heavy (non-hydrogen) atoms. The molecular formula is C22H25ClN2O6S. The van der Waals surface area contributed by atoms with E-state index in [1.807, 2.05) is 6.92 Å². The second-order valence-corrected chi connectivity index (χ2v) is 9.74. The molecule has 0 saturated carbocycles. The van der Waals surface area contributed by atoms with E-state index in [0.717, 1.165) is 19.1 Å². The Hall–Kier alpha value is -2.78. The predicted molar refractivity (Wildman–Crippen MR) is 123 cm³/mol. The Labute approximate surface area is 192 Å². The van der Waals surface area contributed by atoms with Crippen LogP contribution in [0.25, 0.3) is 0 Å². The number of rotatable bonds is 7. The smallest absolute Gasteiger partial charge is 0.338 e. The molecule has 1 aliphatic rings. The van der Waals surface area contributed by atoms with Crippen LogP contribution in [0.1, 0.15) is 36.5 Å². The first kappa shape index (κ1) is 23.9. The number of nitrogens with zero attached hydrogens (tertiary/aromatic N) is 1. The van der Waals surface area contributed by atoms with Gasteiger partial charge < -0.3 is 14.8 Å². The van der Waals surface area contributed by atoms with Gasteiger partial charge in [0.25, 0.3) is 5.91 Å². The molecule has 1 unspecified atom stereocenters. The molecule has 0 saturated heterocycles. The summed E-state index contributed by atoms with van der Waals surface area (Å²) in [6, 6.07) is 10.9. The highest BCUT2D eigenvalue weighted by atomic mass is 35.5. The van der Waals surface area contributed by atoms with Crippen LogP contribution in [-0.2, 0) is 19.6 Å². The Morgan fingerprint density at radius 1 is 1.22 bits per heavy atom. The number of halogens is 1. The predicted octanol–water partition coefficient (Wildman–Crippen LogP) is 3.85. The SMILES string of the molecule is CCCCOC(=O)c1ccc(NC(=O)C2CCN(S(C)(=O)=O)c3cc(Cl)ccc3O2)cc1. The topological polar surface area (TPSA) is 102 Å². The van der Waals surface area contributed by atoms with Crippen molar-refractivity contribution < 1.29 is 27.5 Å². The standard InChI is InChI=1S/C22H25ClN2O6S/c1-3-4-13-30-22(27)15-5-8-17(9-6-15)24-21(26)20-11-12-25(32(2,28)29)18-14-16(23)7-10-19(18)31-20/h5-10,14,20H,3-4,11-13H2,1-2H3,(H,24,26). The lowest BCUT2D eigenvalue weighted by Crippen LogP contribution is -2.35. The molecule has 2 aromatic carbocycles. The summed E-state index contributed by atoms with van der Waals surface area (Å²) in [4.78, 5) is 24.8. The molecule has 172 valence electrons. The maximum atomic E-state index is 12.8. The van der Waals surface area contributed by atoms with Crippen molar-refractivity contribution in [3.63, 3.8) is 0 Å². The van der Waals surface area contributed by atoms with Gasteiger partial charge in [0, 0.05) is 23.7 Å². The third-order valence-electron chi connectivity index (χ3n) is 4.87. The summed E-state index contributed by atoms with van der Waals surface area (Å²) in [6.45, 7) is 2.44. The van der Waals surface area contributed by atoms with Crippen molar-refractivity contribution in [3.8, 4) is 5.75 Å². The largest absolute Gasteiger partial charge is 0.478 e. The van der Waals surface area contributed by atoms with Crippen molar-refractivity contribution in [2.75, 3.05) is 29.0 Å². The quantitative estimate of drug-likeness (QED) is 0.477. The van der Waals surface area contributed by atoms with Crippen molar-refractivity contribution in [1.82, 2.24) is 0 Å². The zero-order valence-electron chi connectivity index (χ0n) is 17.8. The maximum Gasteiger partial charge on any atom is 0.338 e. The number of carbonyl (C=O) groups excluding carboxylic acids is 2. The lowest BCUT2D eigenvalue weighted by atomic mass is 10.2. The lowest BCUT2D eigenvalue weighted by Gasteiger charge is -2.21. The molecule has 0 radical (unpaired) electrons. The molecule has 0 spiro atoms. The van der Waals surface area contributed by atoms with Crippen LogP contribution in [-0.4, -0.2) is 45.8 Å². The molecule has 1 amide bonds. The molecule has 1 heterocycles. The highest BCUT2D eigenvalue weighted by Crippen LogP contribution is 2.36. The van der Waals surface area contributed by atoms with Crippen molar-refractivity contribution in [3.05, 3.63) is 53.1 Å². The van der Waals surface area contributed by atoms with Gasteiger partial charge in [-0.1, -0.05) is 24.9 Å². The molecule has 0 aromatic heterocycles. The molecule has 2 aromatic rings. The zero-order valence-corrected chi connectivity index (χ0v) is 19.4. The maximum absolute atomic E-state index is 12.8. The van der Waals surface area contributed by atoms with Crippen LogP contribution in [0.5, 0.6) is 5.75 Å². The van der Waals surface area contributed by atoms with Gasteiger partial charge >= 0.3 is 5.97 Å². The Morgan fingerprint density at radius 2 is 1.94 bits per heavy atom. The van der Waals surface area contributed by atoms with Gasteiger partial charge in [-0.3, -0.25) is 9.10 Å². The van der Waals surface area contributed by atoms with E-state index in [1.54, 1.807) is 36.4 Å². The number of fused-ring (bicyclic) bond motifs is 1. The Balaban J connectivity index is 1.70. The Bertz CT molecular complexity index is 1090. The van der Waals surface area contributed by atoms with Crippen LogP contribution in [0.4, 0.5) is 11.4 Å². The summed E-state index contributed by atoms with van der Waals surface area (Å²) in [7, 11) is -3.59. The summed E-state index contributed by atoms with van der Waals surface area (Å²) in [5, 5.41) is 3.10. The third-order valence-corrected chi connectivity index (χ3v) is 6.28. The van der Waals surface area contributed by atoms with Gasteiger partial charge in [-0.05, 0) is 48.9 Å². The Morgan fingerprint density at radius 3 is 2.59 bits per heavy atom. The molecule has 0 bridgehead atoms. The van der Waals surface area contributed by atoms with Crippen LogP contribution < -0.4 is 14.4 Å². The molecule has 3 rings (SSSR count). The number of benzene rings is 2. The lowest BCUT2D eigenvalue weighted by molar-refractivity contribution is -0.122. The van der Waals surface area contributed by atoms with E-state index in [-0.39, 0.29) is 18.7 Å². The number of nitrogens with one attached hydrogen (secondary N) is 1. The number of unbranched alkanes of at least 4 members (excludes halogenated alkanes) is 1. The average Bonchev–Trinajstić information content (AvgIpc) is 2.93. The summed E-state index contributed by atoms with van der Waals surface area (Å²) >= 11 is 6.03. The summed E-state index contributed by atoms with van der Waals surface area (Å²) in [6.07, 6.45) is 2.05. The van der Waals surface area contributed by atoms with Crippen LogP contribution in [0.15, 0.2) is 42.5 Å². The van der Waals surface area contributed by atoms with Gasteiger partial charge in [0.05, 0.1) is 24.1 Å². The van der Waals surface area contributed by atoms with E-state index in [9.17, 15) is 18.0 Å². The highest BCUT2D eigenvalue weighted by Gasteiger charge is 2.31. The van der Waals surface area contributed by atoms with Gasteiger partial charge in [-0.25, -0.2) is 13.2 Å². The fourth-order valence-electron chi connectivity index (χ4n) is 3.19. The first-order valence-corrected chi connectivity index (χ1v) is 12.4. The molecular weight excluding hydrogens is 456 g/mol. The molecule has 0 aliphatic carbocycles. The number of sulfonamides is 1. The second-order valence-electron chi connectivity index (χ2n) is 7.40. The fraction of sp³-hybridized carbons (Fsp3) is 0.364. The van der Waals surface area contributed by atoms with E-state index in [0.29, 0.717) is 28.6 Å². The van der Waals surface area contributed by atoms with Crippen molar-refractivity contribution in [1.29, 1.82) is 0 Å². The van der Waals surface area contributed by atoms with Gasteiger partial charge in [0.2, 0.25) is 10.0 Å². The van der Waals surface area contributed by atoms with E-state index in [1.165, 1.54) is 10.4 Å². The summed E-state index contributed by atoms with van der Waals surface area (Å²) in [5.74, 6) is -0.596. The normalized spacial score (nSPS) is 15.8. The highest BCUT2D eigenvalue weighted by molar-refractivity contribution is 7.92. The van der Waals surface area contributed by atoms with Gasteiger partial charge in [-0.15, -0.1) is 0 Å². The van der Waals surface area contributed by atoms with E-state index >= 15 is 0 Å². The third kappa shape index (κ3) is 5.92. The molecule has 1 atom stereocenters. The number of amides is 1. The number of hydrogen-bond acceptors (Lipinski definition) is 6. The van der Waals surface area contributed by atoms with E-state index in [4.69, 9.17) is 21.1 Å². The van der Waals surface area contributed by atoms with Crippen LogP contribution >= 0.6 is 11.6 Å². The van der Waals surface area contributed by atoms with Gasteiger partial charge in [0.1, 0.15) is 5.75 Å². The second kappa shape index (κ2) is 10.2. The molecule has 10 heteroatoms. The van der Waals surface area contributed by atoms with Crippen molar-refractivity contribution >= 4 is 44.9 Å². The Kier molecular flexibility index (Phi) is 7.63. The summed E-state index contributed by atoms with van der Waals surface area (Å²) in [5.41, 5.74) is 1.16. The minimum atomic E-state index is -3.59. The summed E-state index contributed by atoms with van der Waals surface area (Å²) < 4.78 is 36.7. The fourth-order valence-corrected chi connectivity index (χ4v) is 4.29. The van der Waals surface area contributed by atoms with E-state index < -0.39 is 28.0 Å². The number of ether oxygens (including phenoxy) is 2. The molecule has 8 nitrogen and oxygen atoms in total. The number of anilines is 2. The molecule has 1 aliphatic heterocycles. The van der Waals surface area contributed by atoms with Crippen LogP contribution in [0.3, 0.4) is 0 Å². The number of esters is 1. The minimum Gasteiger partial charge on any atom is -0.478 e. The molecule has 0 fully saturated rings. The minimum absolute atomic E-state index is 0.0623. The first-order valence-electron chi connectivity index (χ1n) is 10.2. The number of carbonyl (C=O) groups is 2. The zero-order chi connectivity index (χ0) is 23.3. The van der Waals surface area contributed by atoms with E-state index in [2.05, 4.69) is 5.32 Å². The first-order chi connectivity index (χ1) is 15.2. The van der Waals surface area contributed by atoms with Crippen LogP contribution in [0.2, 0.25) is 5.02 Å². The van der Waals surface area contributed by atoms with Crippen molar-refractivity contribution in [2.24, 2.45) is 0 Å². The number of hydrogen-bond donors (Lipinski definition) is 1. The van der Waals surface area contributed by atoms with Gasteiger partial charge in [-0.2, -0.15) is 0 Å². The van der Waals surface area contributed by atoms with Crippen LogP contribution in [0, 0.1) is 0 Å². The molecule has 1 N–H and O–H groups in total. The van der Waals surface area contributed by atoms with Gasteiger partial charge in [0.15, 0.2) is 6.10 Å². The van der Waals surface area contributed by atoms with Crippen molar-refractivity contribution in [2.45, 2.75) is 32.3 Å².